The molecule has 1 aliphatic heterocycles. The summed E-state index contributed by atoms with van der Waals surface area (Å²) >= 11 is 0. The molecular formula is C22H24N4O3. The van der Waals surface area contributed by atoms with Gasteiger partial charge in [0, 0.05) is 18.8 Å². The molecule has 0 spiro atoms. The zero-order chi connectivity index (χ0) is 20.2. The van der Waals surface area contributed by atoms with Crippen molar-refractivity contribution in [2.75, 3.05) is 18.5 Å². The quantitative estimate of drug-likeness (QED) is 0.599. The minimum Gasteiger partial charge on any atom is -0.377 e. The van der Waals surface area contributed by atoms with Gasteiger partial charge in [0.2, 0.25) is 0 Å². The number of H-pyrrole nitrogens is 1. The van der Waals surface area contributed by atoms with Crippen LogP contribution in [0.5, 0.6) is 0 Å². The molecule has 7 nitrogen and oxygen atoms in total. The van der Waals surface area contributed by atoms with Crippen molar-refractivity contribution in [2.45, 2.75) is 32.4 Å². The number of hydrogen-bond donors (Lipinski definition) is 3. The van der Waals surface area contributed by atoms with Crippen molar-refractivity contribution in [1.29, 1.82) is 0 Å². The second-order valence-corrected chi connectivity index (χ2v) is 7.23. The van der Waals surface area contributed by atoms with E-state index in [0.29, 0.717) is 41.1 Å². The van der Waals surface area contributed by atoms with Crippen LogP contribution in [0, 0.1) is 6.92 Å². The van der Waals surface area contributed by atoms with Crippen molar-refractivity contribution >= 4 is 22.5 Å². The SMILES string of the molecule is Cc1cccc2c(=O)[nH]c(CNc3ccccc3C(=O)NC[C@H]3CCCO3)nc12. The summed E-state index contributed by atoms with van der Waals surface area (Å²) < 4.78 is 5.56. The van der Waals surface area contributed by atoms with Gasteiger partial charge in [-0.2, -0.15) is 0 Å². The first-order valence-corrected chi connectivity index (χ1v) is 9.83. The maximum Gasteiger partial charge on any atom is 0.258 e. The van der Waals surface area contributed by atoms with Gasteiger partial charge < -0.3 is 20.4 Å². The molecule has 3 N–H and O–H groups in total. The van der Waals surface area contributed by atoms with Crippen LogP contribution >= 0.6 is 0 Å². The Hall–Kier alpha value is -3.19. The fraction of sp³-hybridized carbons (Fsp3) is 0.318. The molecule has 1 amide bonds. The van der Waals surface area contributed by atoms with E-state index in [2.05, 4.69) is 20.6 Å². The molecule has 4 rings (SSSR count). The van der Waals surface area contributed by atoms with Gasteiger partial charge in [0.15, 0.2) is 0 Å². The molecule has 1 atom stereocenters. The van der Waals surface area contributed by atoms with Crippen molar-refractivity contribution in [1.82, 2.24) is 15.3 Å². The first-order chi connectivity index (χ1) is 14.1. The summed E-state index contributed by atoms with van der Waals surface area (Å²) in [6, 6.07) is 12.8. The number of fused-ring (bicyclic) bond motifs is 1. The highest BCUT2D eigenvalue weighted by atomic mass is 16.5. The molecule has 1 aromatic heterocycles. The van der Waals surface area contributed by atoms with Gasteiger partial charge in [-0.05, 0) is 43.5 Å². The number of aromatic amines is 1. The summed E-state index contributed by atoms with van der Waals surface area (Å²) in [6.45, 7) is 3.50. The number of hydrogen-bond acceptors (Lipinski definition) is 5. The third-order valence-electron chi connectivity index (χ3n) is 5.12. The van der Waals surface area contributed by atoms with E-state index < -0.39 is 0 Å². The lowest BCUT2D eigenvalue weighted by atomic mass is 10.1. The molecule has 0 bridgehead atoms. The van der Waals surface area contributed by atoms with Crippen LogP contribution in [0.3, 0.4) is 0 Å². The Morgan fingerprint density at radius 3 is 2.93 bits per heavy atom. The lowest BCUT2D eigenvalue weighted by Gasteiger charge is -2.14. The van der Waals surface area contributed by atoms with Gasteiger partial charge >= 0.3 is 0 Å². The van der Waals surface area contributed by atoms with Crippen molar-refractivity contribution in [3.8, 4) is 0 Å². The second kappa shape index (κ2) is 8.45. The molecule has 2 heterocycles. The fourth-order valence-corrected chi connectivity index (χ4v) is 3.56. The average Bonchev–Trinajstić information content (AvgIpc) is 3.25. The van der Waals surface area contributed by atoms with E-state index in [-0.39, 0.29) is 17.6 Å². The molecule has 150 valence electrons. The maximum atomic E-state index is 12.6. The molecule has 1 saturated heterocycles. The number of nitrogens with zero attached hydrogens (tertiary/aromatic N) is 1. The highest BCUT2D eigenvalue weighted by Gasteiger charge is 2.18. The Kier molecular flexibility index (Phi) is 5.57. The number of anilines is 1. The van der Waals surface area contributed by atoms with Crippen molar-refractivity contribution in [3.05, 3.63) is 69.8 Å². The average molecular weight is 392 g/mol. The number of para-hydroxylation sites is 2. The zero-order valence-electron chi connectivity index (χ0n) is 16.3. The van der Waals surface area contributed by atoms with E-state index in [4.69, 9.17) is 4.74 Å². The van der Waals surface area contributed by atoms with Crippen LogP contribution in [0.25, 0.3) is 10.9 Å². The normalized spacial score (nSPS) is 16.1. The summed E-state index contributed by atoms with van der Waals surface area (Å²) in [4.78, 5) is 32.4. The lowest BCUT2D eigenvalue weighted by Crippen LogP contribution is -2.32. The van der Waals surface area contributed by atoms with Crippen LogP contribution in [-0.4, -0.2) is 35.1 Å². The molecule has 0 unspecified atom stereocenters. The lowest BCUT2D eigenvalue weighted by molar-refractivity contribution is 0.0858. The predicted molar refractivity (Wildman–Crippen MR) is 112 cm³/mol. The fourth-order valence-electron chi connectivity index (χ4n) is 3.56. The summed E-state index contributed by atoms with van der Waals surface area (Å²) in [5.74, 6) is 0.366. The molecule has 2 aromatic carbocycles. The number of nitrogens with one attached hydrogen (secondary N) is 3. The molecule has 7 heteroatoms. The highest BCUT2D eigenvalue weighted by molar-refractivity contribution is 5.99. The number of carbonyl (C=O) groups excluding carboxylic acids is 1. The number of aryl methyl sites for hydroxylation is 1. The van der Waals surface area contributed by atoms with Gasteiger partial charge in [-0.25, -0.2) is 4.98 Å². The van der Waals surface area contributed by atoms with E-state index in [9.17, 15) is 9.59 Å². The molecular weight excluding hydrogens is 368 g/mol. The molecule has 3 aromatic rings. The van der Waals surface area contributed by atoms with E-state index in [1.54, 1.807) is 12.1 Å². The van der Waals surface area contributed by atoms with Crippen LogP contribution in [0.15, 0.2) is 47.3 Å². The maximum absolute atomic E-state index is 12.6. The number of benzene rings is 2. The van der Waals surface area contributed by atoms with Crippen molar-refractivity contribution in [2.24, 2.45) is 0 Å². The minimum absolute atomic E-state index is 0.0918. The summed E-state index contributed by atoms with van der Waals surface area (Å²) in [6.07, 6.45) is 2.10. The van der Waals surface area contributed by atoms with Gasteiger partial charge in [0.25, 0.3) is 11.5 Å². The van der Waals surface area contributed by atoms with E-state index in [0.717, 1.165) is 25.0 Å². The van der Waals surface area contributed by atoms with Gasteiger partial charge in [-0.15, -0.1) is 0 Å². The van der Waals surface area contributed by atoms with Crippen molar-refractivity contribution < 1.29 is 9.53 Å². The highest BCUT2D eigenvalue weighted by Crippen LogP contribution is 2.17. The number of amides is 1. The van der Waals surface area contributed by atoms with E-state index >= 15 is 0 Å². The molecule has 0 radical (unpaired) electrons. The van der Waals surface area contributed by atoms with Crippen molar-refractivity contribution in [3.63, 3.8) is 0 Å². The largest absolute Gasteiger partial charge is 0.377 e. The van der Waals surface area contributed by atoms with Gasteiger partial charge in [-0.1, -0.05) is 24.3 Å². The Morgan fingerprint density at radius 1 is 1.24 bits per heavy atom. The Morgan fingerprint density at radius 2 is 2.10 bits per heavy atom. The Bertz CT molecular complexity index is 1090. The predicted octanol–water partition coefficient (Wildman–Crippen LogP) is 2.75. The van der Waals surface area contributed by atoms with Crippen LogP contribution < -0.4 is 16.2 Å². The molecule has 1 aliphatic rings. The van der Waals surface area contributed by atoms with Gasteiger partial charge in [-0.3, -0.25) is 9.59 Å². The van der Waals surface area contributed by atoms with E-state index in [1.807, 2.05) is 37.3 Å². The summed E-state index contributed by atoms with van der Waals surface area (Å²) in [7, 11) is 0. The Labute approximate surface area is 168 Å². The number of aromatic nitrogens is 2. The van der Waals surface area contributed by atoms with Gasteiger partial charge in [0.05, 0.1) is 29.1 Å². The molecule has 0 saturated carbocycles. The number of carbonyl (C=O) groups is 1. The second-order valence-electron chi connectivity index (χ2n) is 7.23. The van der Waals surface area contributed by atoms with Crippen LogP contribution in [0.1, 0.15) is 34.6 Å². The third kappa shape index (κ3) is 4.30. The topological polar surface area (TPSA) is 96.1 Å². The van der Waals surface area contributed by atoms with Gasteiger partial charge in [0.1, 0.15) is 5.82 Å². The first kappa shape index (κ1) is 19.1. The molecule has 1 fully saturated rings. The molecule has 29 heavy (non-hydrogen) atoms. The standard InChI is InChI=1S/C22H24N4O3/c1-14-6-4-9-17-20(14)25-19(26-22(17)28)13-23-18-10-3-2-8-16(18)21(27)24-12-15-7-5-11-29-15/h2-4,6,8-10,15,23H,5,7,11-13H2,1H3,(H,24,27)(H,25,26,28)/t15-/m1/s1. The summed E-state index contributed by atoms with van der Waals surface area (Å²) in [5.41, 5.74) is 2.70. The zero-order valence-corrected chi connectivity index (χ0v) is 16.3. The minimum atomic E-state index is -0.168. The number of rotatable bonds is 6. The number of ether oxygens (including phenoxy) is 1. The summed E-state index contributed by atoms with van der Waals surface area (Å²) in [5, 5.41) is 6.74. The first-order valence-electron chi connectivity index (χ1n) is 9.83. The van der Waals surface area contributed by atoms with Crippen LogP contribution in [0.4, 0.5) is 5.69 Å². The molecule has 0 aliphatic carbocycles. The third-order valence-corrected chi connectivity index (χ3v) is 5.12. The monoisotopic (exact) mass is 392 g/mol. The Balaban J connectivity index is 1.49. The van der Waals surface area contributed by atoms with Crippen LogP contribution in [0.2, 0.25) is 0 Å². The van der Waals surface area contributed by atoms with E-state index in [1.165, 1.54) is 0 Å². The smallest absolute Gasteiger partial charge is 0.258 e. The van der Waals surface area contributed by atoms with Crippen LogP contribution in [-0.2, 0) is 11.3 Å².